The van der Waals surface area contributed by atoms with Crippen LogP contribution in [0.3, 0.4) is 0 Å². The Morgan fingerprint density at radius 1 is 1.45 bits per heavy atom. The zero-order chi connectivity index (χ0) is 14.9. The van der Waals surface area contributed by atoms with Crippen molar-refractivity contribution in [1.82, 2.24) is 0 Å². The van der Waals surface area contributed by atoms with Gasteiger partial charge in [-0.1, -0.05) is 13.3 Å². The first-order valence-corrected chi connectivity index (χ1v) is 6.54. The fourth-order valence-corrected chi connectivity index (χ4v) is 2.38. The van der Waals surface area contributed by atoms with E-state index in [0.717, 1.165) is 31.4 Å². The van der Waals surface area contributed by atoms with Gasteiger partial charge in [-0.15, -0.1) is 0 Å². The quantitative estimate of drug-likeness (QED) is 0.860. The van der Waals surface area contributed by atoms with E-state index in [0.29, 0.717) is 11.6 Å². The van der Waals surface area contributed by atoms with Gasteiger partial charge in [0.15, 0.2) is 0 Å². The maximum absolute atomic E-state index is 12.8. The summed E-state index contributed by atoms with van der Waals surface area (Å²) in [5, 5.41) is 11.8. The fourth-order valence-electron chi connectivity index (χ4n) is 2.38. The predicted molar refractivity (Wildman–Crippen MR) is 68.8 cm³/mol. The van der Waals surface area contributed by atoms with Crippen molar-refractivity contribution in [3.05, 3.63) is 29.3 Å². The van der Waals surface area contributed by atoms with Crippen LogP contribution < -0.4 is 5.32 Å². The van der Waals surface area contributed by atoms with E-state index in [4.69, 9.17) is 5.11 Å². The Morgan fingerprint density at radius 2 is 2.15 bits per heavy atom. The highest BCUT2D eigenvalue weighted by Crippen LogP contribution is 2.39. The zero-order valence-electron chi connectivity index (χ0n) is 11.0. The first kappa shape index (κ1) is 14.7. The fraction of sp³-hybridized carbons (Fsp3) is 0.500. The van der Waals surface area contributed by atoms with Crippen molar-refractivity contribution in [2.75, 3.05) is 5.32 Å². The molecule has 110 valence electrons. The molecule has 2 unspecified atom stereocenters. The SMILES string of the molecule is CCCC1CC1Nc1ccc(C(=O)O)c(C(F)(F)F)c1. The Bertz CT molecular complexity index is 514. The highest BCUT2D eigenvalue weighted by molar-refractivity contribution is 5.90. The average Bonchev–Trinajstić information content (AvgIpc) is 3.06. The van der Waals surface area contributed by atoms with E-state index >= 15 is 0 Å². The Labute approximate surface area is 114 Å². The lowest BCUT2D eigenvalue weighted by molar-refractivity contribution is -0.138. The summed E-state index contributed by atoms with van der Waals surface area (Å²) in [7, 11) is 0. The number of rotatable bonds is 5. The number of carboxylic acids is 1. The second kappa shape index (κ2) is 5.34. The van der Waals surface area contributed by atoms with Crippen LogP contribution in [0.15, 0.2) is 18.2 Å². The first-order valence-electron chi connectivity index (χ1n) is 6.54. The van der Waals surface area contributed by atoms with Gasteiger partial charge in [0.1, 0.15) is 0 Å². The number of hydrogen-bond donors (Lipinski definition) is 2. The van der Waals surface area contributed by atoms with Gasteiger partial charge in [0.25, 0.3) is 0 Å². The summed E-state index contributed by atoms with van der Waals surface area (Å²) in [6.07, 6.45) is -1.61. The van der Waals surface area contributed by atoms with Crippen molar-refractivity contribution < 1.29 is 23.1 Å². The maximum Gasteiger partial charge on any atom is 0.417 e. The molecular formula is C14H16F3NO2. The number of halogens is 3. The van der Waals surface area contributed by atoms with Crippen LogP contribution in [0.1, 0.15) is 42.1 Å². The van der Waals surface area contributed by atoms with E-state index in [-0.39, 0.29) is 6.04 Å². The predicted octanol–water partition coefficient (Wildman–Crippen LogP) is 4.00. The lowest BCUT2D eigenvalue weighted by Crippen LogP contribution is -2.14. The zero-order valence-corrected chi connectivity index (χ0v) is 11.0. The number of hydrogen-bond acceptors (Lipinski definition) is 2. The second-order valence-corrected chi connectivity index (χ2v) is 5.10. The summed E-state index contributed by atoms with van der Waals surface area (Å²) in [6, 6.07) is 3.47. The summed E-state index contributed by atoms with van der Waals surface area (Å²) in [5.41, 5.74) is -1.50. The normalized spacial score (nSPS) is 21.6. The number of aromatic carboxylic acids is 1. The first-order chi connectivity index (χ1) is 9.32. The van der Waals surface area contributed by atoms with Gasteiger partial charge >= 0.3 is 12.1 Å². The van der Waals surface area contributed by atoms with Crippen LogP contribution in [0.25, 0.3) is 0 Å². The Hall–Kier alpha value is -1.72. The number of carbonyl (C=O) groups is 1. The molecule has 1 aliphatic carbocycles. The summed E-state index contributed by atoms with van der Waals surface area (Å²) in [6.45, 7) is 2.07. The molecule has 0 aromatic heterocycles. The molecule has 0 bridgehead atoms. The molecule has 20 heavy (non-hydrogen) atoms. The molecule has 6 heteroatoms. The lowest BCUT2D eigenvalue weighted by atomic mass is 10.1. The molecule has 1 fully saturated rings. The summed E-state index contributed by atoms with van der Waals surface area (Å²) in [4.78, 5) is 10.8. The third kappa shape index (κ3) is 3.23. The largest absolute Gasteiger partial charge is 0.478 e. The van der Waals surface area contributed by atoms with Gasteiger partial charge in [0, 0.05) is 11.7 Å². The average molecular weight is 287 g/mol. The highest BCUT2D eigenvalue weighted by Gasteiger charge is 2.38. The number of carboxylic acid groups (broad SMARTS) is 1. The van der Waals surface area contributed by atoms with Gasteiger partial charge in [0.2, 0.25) is 0 Å². The molecule has 0 heterocycles. The molecule has 1 aliphatic rings. The van der Waals surface area contributed by atoms with Crippen LogP contribution in [0.5, 0.6) is 0 Å². The van der Waals surface area contributed by atoms with Gasteiger partial charge in [-0.05, 0) is 37.0 Å². The minimum Gasteiger partial charge on any atom is -0.478 e. The van der Waals surface area contributed by atoms with Gasteiger partial charge in [-0.3, -0.25) is 0 Å². The van der Waals surface area contributed by atoms with Gasteiger partial charge in [0.05, 0.1) is 11.1 Å². The van der Waals surface area contributed by atoms with Crippen LogP contribution in [0, 0.1) is 5.92 Å². The molecule has 1 aromatic carbocycles. The van der Waals surface area contributed by atoms with E-state index in [1.165, 1.54) is 6.07 Å². The Morgan fingerprint density at radius 3 is 2.70 bits per heavy atom. The molecule has 0 saturated heterocycles. The van der Waals surface area contributed by atoms with E-state index in [1.807, 2.05) is 0 Å². The van der Waals surface area contributed by atoms with Crippen LogP contribution in [0.4, 0.5) is 18.9 Å². The number of benzene rings is 1. The summed E-state index contributed by atoms with van der Waals surface area (Å²) in [5.74, 6) is -1.06. The van der Waals surface area contributed by atoms with E-state index in [9.17, 15) is 18.0 Å². The van der Waals surface area contributed by atoms with Crippen LogP contribution >= 0.6 is 0 Å². The standard InChI is InChI=1S/C14H16F3NO2/c1-2-3-8-6-12(8)18-9-4-5-10(13(19)20)11(7-9)14(15,16)17/h4-5,7-8,12,18H,2-3,6H2,1H3,(H,19,20). The minimum atomic E-state index is -4.67. The third-order valence-electron chi connectivity index (χ3n) is 3.49. The molecule has 1 saturated carbocycles. The van der Waals surface area contributed by atoms with Gasteiger partial charge in [-0.25, -0.2) is 4.79 Å². The van der Waals surface area contributed by atoms with Crippen LogP contribution in [0.2, 0.25) is 0 Å². The smallest absolute Gasteiger partial charge is 0.417 e. The highest BCUT2D eigenvalue weighted by atomic mass is 19.4. The monoisotopic (exact) mass is 287 g/mol. The second-order valence-electron chi connectivity index (χ2n) is 5.10. The Balaban J connectivity index is 2.18. The third-order valence-corrected chi connectivity index (χ3v) is 3.49. The number of nitrogens with one attached hydrogen (secondary N) is 1. The van der Waals surface area contributed by atoms with E-state index in [2.05, 4.69) is 12.2 Å². The Kier molecular flexibility index (Phi) is 3.92. The molecule has 0 aliphatic heterocycles. The molecule has 0 amide bonds. The molecular weight excluding hydrogens is 271 g/mol. The maximum atomic E-state index is 12.8. The van der Waals surface area contributed by atoms with Crippen molar-refractivity contribution in [3.8, 4) is 0 Å². The molecule has 0 spiro atoms. The van der Waals surface area contributed by atoms with Gasteiger partial charge < -0.3 is 10.4 Å². The topological polar surface area (TPSA) is 49.3 Å². The molecule has 2 rings (SSSR count). The summed E-state index contributed by atoms with van der Waals surface area (Å²) >= 11 is 0. The van der Waals surface area contributed by atoms with Crippen LogP contribution in [-0.2, 0) is 6.18 Å². The van der Waals surface area contributed by atoms with Crippen molar-refractivity contribution in [1.29, 1.82) is 0 Å². The summed E-state index contributed by atoms with van der Waals surface area (Å²) < 4.78 is 38.5. The molecule has 2 N–H and O–H groups in total. The van der Waals surface area contributed by atoms with Crippen molar-refractivity contribution in [2.45, 2.75) is 38.4 Å². The lowest BCUT2D eigenvalue weighted by Gasteiger charge is -2.13. The van der Waals surface area contributed by atoms with Crippen molar-refractivity contribution in [3.63, 3.8) is 0 Å². The minimum absolute atomic E-state index is 0.201. The molecule has 0 radical (unpaired) electrons. The van der Waals surface area contributed by atoms with Crippen LogP contribution in [-0.4, -0.2) is 17.1 Å². The molecule has 1 aromatic rings. The number of anilines is 1. The van der Waals surface area contributed by atoms with Crippen molar-refractivity contribution in [2.24, 2.45) is 5.92 Å². The number of alkyl halides is 3. The van der Waals surface area contributed by atoms with E-state index in [1.54, 1.807) is 0 Å². The van der Waals surface area contributed by atoms with Crippen molar-refractivity contribution >= 4 is 11.7 Å². The molecule has 2 atom stereocenters. The van der Waals surface area contributed by atoms with Gasteiger partial charge in [-0.2, -0.15) is 13.2 Å². The molecule has 3 nitrogen and oxygen atoms in total. The van der Waals surface area contributed by atoms with E-state index < -0.39 is 23.3 Å².